The number of benzene rings is 2. The molecule has 3 heteroatoms. The molecule has 0 saturated carbocycles. The third-order valence-electron chi connectivity index (χ3n) is 4.16. The van der Waals surface area contributed by atoms with Crippen LogP contribution in [0.15, 0.2) is 42.5 Å². The lowest BCUT2D eigenvalue weighted by Gasteiger charge is -2.31. The van der Waals surface area contributed by atoms with Crippen LogP contribution in [-0.4, -0.2) is 6.04 Å². The van der Waals surface area contributed by atoms with Crippen LogP contribution in [0.3, 0.4) is 0 Å². The van der Waals surface area contributed by atoms with E-state index in [1.54, 1.807) is 0 Å². The van der Waals surface area contributed by atoms with Crippen molar-refractivity contribution in [2.24, 2.45) is 5.73 Å². The molecule has 104 valence electrons. The predicted molar refractivity (Wildman–Crippen MR) is 85.6 cm³/mol. The van der Waals surface area contributed by atoms with Crippen LogP contribution < -0.4 is 5.73 Å². The van der Waals surface area contributed by atoms with Gasteiger partial charge in [0.1, 0.15) is 0 Å². The van der Waals surface area contributed by atoms with Gasteiger partial charge in [-0.1, -0.05) is 53.5 Å². The van der Waals surface area contributed by atoms with Gasteiger partial charge in [-0.3, -0.25) is 0 Å². The normalized spacial score (nSPS) is 21.6. The third kappa shape index (κ3) is 2.71. The van der Waals surface area contributed by atoms with E-state index >= 15 is 0 Å². The number of hydrogen-bond acceptors (Lipinski definition) is 1. The quantitative estimate of drug-likeness (QED) is 0.862. The van der Waals surface area contributed by atoms with Crippen molar-refractivity contribution in [2.75, 3.05) is 0 Å². The van der Waals surface area contributed by atoms with Gasteiger partial charge < -0.3 is 5.73 Å². The molecule has 0 aliphatic heterocycles. The van der Waals surface area contributed by atoms with E-state index in [-0.39, 0.29) is 6.04 Å². The lowest BCUT2D eigenvalue weighted by molar-refractivity contribution is 0.467. The van der Waals surface area contributed by atoms with Crippen molar-refractivity contribution in [2.45, 2.75) is 31.2 Å². The summed E-state index contributed by atoms with van der Waals surface area (Å²) < 4.78 is 0. The molecule has 0 fully saturated rings. The summed E-state index contributed by atoms with van der Waals surface area (Å²) in [5.41, 5.74) is 10.4. The van der Waals surface area contributed by atoms with E-state index in [9.17, 15) is 0 Å². The molecule has 2 aromatic rings. The van der Waals surface area contributed by atoms with E-state index in [0.29, 0.717) is 16.0 Å². The maximum Gasteiger partial charge on any atom is 0.0595 e. The first-order valence-corrected chi connectivity index (χ1v) is 7.68. The molecule has 2 N–H and O–H groups in total. The van der Waals surface area contributed by atoms with Crippen molar-refractivity contribution in [3.8, 4) is 0 Å². The molecular weight excluding hydrogens is 289 g/mol. The van der Waals surface area contributed by atoms with Gasteiger partial charge in [-0.05, 0) is 48.1 Å². The molecule has 2 aromatic carbocycles. The number of halogens is 2. The Morgan fingerprint density at radius 1 is 1.05 bits per heavy atom. The molecule has 2 unspecified atom stereocenters. The fourth-order valence-corrected chi connectivity index (χ4v) is 3.38. The van der Waals surface area contributed by atoms with Crippen LogP contribution in [0.25, 0.3) is 0 Å². The van der Waals surface area contributed by atoms with Gasteiger partial charge in [0.05, 0.1) is 10.0 Å². The van der Waals surface area contributed by atoms with Crippen LogP contribution in [0.4, 0.5) is 0 Å². The highest BCUT2D eigenvalue weighted by molar-refractivity contribution is 6.42. The van der Waals surface area contributed by atoms with Gasteiger partial charge in [0.15, 0.2) is 0 Å². The highest BCUT2D eigenvalue weighted by Crippen LogP contribution is 2.34. The summed E-state index contributed by atoms with van der Waals surface area (Å²) in [5, 5.41) is 1.21. The van der Waals surface area contributed by atoms with Gasteiger partial charge in [-0.25, -0.2) is 0 Å². The molecule has 1 aliphatic rings. The maximum atomic E-state index is 6.35. The fraction of sp³-hybridized carbons (Fsp3) is 0.294. The summed E-state index contributed by atoms with van der Waals surface area (Å²) in [6.45, 7) is 0. The van der Waals surface area contributed by atoms with Crippen LogP contribution in [-0.2, 0) is 12.8 Å². The Kier molecular flexibility index (Phi) is 4.02. The molecule has 0 saturated heterocycles. The molecule has 1 aliphatic carbocycles. The fourth-order valence-electron chi connectivity index (χ4n) is 3.06. The summed E-state index contributed by atoms with van der Waals surface area (Å²) in [6, 6.07) is 14.7. The van der Waals surface area contributed by atoms with Crippen LogP contribution in [0.2, 0.25) is 10.0 Å². The molecule has 0 bridgehead atoms. The zero-order chi connectivity index (χ0) is 14.1. The van der Waals surface area contributed by atoms with Crippen molar-refractivity contribution in [3.63, 3.8) is 0 Å². The third-order valence-corrected chi connectivity index (χ3v) is 4.90. The molecule has 0 amide bonds. The zero-order valence-electron chi connectivity index (χ0n) is 11.2. The van der Waals surface area contributed by atoms with Crippen molar-refractivity contribution in [3.05, 3.63) is 69.2 Å². The summed E-state index contributed by atoms with van der Waals surface area (Å²) in [7, 11) is 0. The molecule has 3 rings (SSSR count). The van der Waals surface area contributed by atoms with E-state index in [0.717, 1.165) is 19.3 Å². The van der Waals surface area contributed by atoms with E-state index in [1.807, 2.05) is 18.2 Å². The largest absolute Gasteiger partial charge is 0.327 e. The predicted octanol–water partition coefficient (Wildman–Crippen LogP) is 4.59. The molecule has 0 heterocycles. The average molecular weight is 306 g/mol. The van der Waals surface area contributed by atoms with E-state index in [4.69, 9.17) is 28.9 Å². The zero-order valence-corrected chi connectivity index (χ0v) is 12.7. The van der Waals surface area contributed by atoms with Gasteiger partial charge in [-0.2, -0.15) is 0 Å². The number of rotatable bonds is 2. The Hall–Kier alpha value is -1.02. The number of nitrogens with two attached hydrogens (primary N) is 1. The first-order valence-electron chi connectivity index (χ1n) is 6.92. The standard InChI is InChI=1S/C17H17Cl2N/c18-15-7-5-11(10-16(15)19)9-14-13-4-2-1-3-12(13)6-8-17(14)20/h1-5,7,10,14,17H,6,8-9,20H2. The molecule has 0 radical (unpaired) electrons. The van der Waals surface area contributed by atoms with Crippen molar-refractivity contribution in [1.29, 1.82) is 0 Å². The minimum atomic E-state index is 0.208. The molecule has 0 aromatic heterocycles. The highest BCUT2D eigenvalue weighted by Gasteiger charge is 2.26. The minimum Gasteiger partial charge on any atom is -0.327 e. The van der Waals surface area contributed by atoms with Crippen LogP contribution in [0, 0.1) is 0 Å². The van der Waals surface area contributed by atoms with Gasteiger partial charge >= 0.3 is 0 Å². The van der Waals surface area contributed by atoms with Gasteiger partial charge in [0, 0.05) is 12.0 Å². The lowest BCUT2D eigenvalue weighted by Crippen LogP contribution is -2.34. The molecule has 20 heavy (non-hydrogen) atoms. The Morgan fingerprint density at radius 3 is 2.65 bits per heavy atom. The van der Waals surface area contributed by atoms with E-state index in [2.05, 4.69) is 24.3 Å². The smallest absolute Gasteiger partial charge is 0.0595 e. The van der Waals surface area contributed by atoms with Crippen molar-refractivity contribution >= 4 is 23.2 Å². The summed E-state index contributed by atoms with van der Waals surface area (Å²) >= 11 is 12.1. The molecule has 1 nitrogen and oxygen atoms in total. The van der Waals surface area contributed by atoms with Gasteiger partial charge in [0.25, 0.3) is 0 Å². The second-order valence-electron chi connectivity index (χ2n) is 5.46. The van der Waals surface area contributed by atoms with Crippen molar-refractivity contribution < 1.29 is 0 Å². The molecule has 0 spiro atoms. The average Bonchev–Trinajstić information content (AvgIpc) is 2.46. The summed E-state index contributed by atoms with van der Waals surface area (Å²) in [6.07, 6.45) is 3.04. The van der Waals surface area contributed by atoms with Crippen LogP contribution in [0.1, 0.15) is 29.0 Å². The van der Waals surface area contributed by atoms with E-state index in [1.165, 1.54) is 16.7 Å². The van der Waals surface area contributed by atoms with Crippen LogP contribution >= 0.6 is 23.2 Å². The Bertz CT molecular complexity index is 624. The first-order chi connectivity index (χ1) is 9.65. The van der Waals surface area contributed by atoms with Gasteiger partial charge in [-0.15, -0.1) is 0 Å². The minimum absolute atomic E-state index is 0.208. The molecular formula is C17H17Cl2N. The van der Waals surface area contributed by atoms with Gasteiger partial charge in [0.2, 0.25) is 0 Å². The first kappa shape index (κ1) is 13.9. The maximum absolute atomic E-state index is 6.35. The van der Waals surface area contributed by atoms with Crippen molar-refractivity contribution in [1.82, 2.24) is 0 Å². The van der Waals surface area contributed by atoms with E-state index < -0.39 is 0 Å². The Morgan fingerprint density at radius 2 is 1.85 bits per heavy atom. The highest BCUT2D eigenvalue weighted by atomic mass is 35.5. The summed E-state index contributed by atoms with van der Waals surface area (Å²) in [5.74, 6) is 0.359. The monoisotopic (exact) mass is 305 g/mol. The number of hydrogen-bond donors (Lipinski definition) is 1. The number of fused-ring (bicyclic) bond motifs is 1. The van der Waals surface area contributed by atoms with Crippen LogP contribution in [0.5, 0.6) is 0 Å². The topological polar surface area (TPSA) is 26.0 Å². The Labute approximate surface area is 129 Å². The number of aryl methyl sites for hydroxylation is 1. The lowest BCUT2D eigenvalue weighted by atomic mass is 9.77. The second kappa shape index (κ2) is 5.77. The second-order valence-corrected chi connectivity index (χ2v) is 6.27. The summed E-state index contributed by atoms with van der Waals surface area (Å²) in [4.78, 5) is 0. The molecule has 2 atom stereocenters. The Balaban J connectivity index is 1.91. The SMILES string of the molecule is NC1CCc2ccccc2C1Cc1ccc(Cl)c(Cl)c1.